The van der Waals surface area contributed by atoms with Gasteiger partial charge in [0.25, 0.3) is 5.91 Å². The molecule has 1 aromatic rings. The summed E-state index contributed by atoms with van der Waals surface area (Å²) < 4.78 is 10.8. The molecule has 1 saturated heterocycles. The van der Waals surface area contributed by atoms with Gasteiger partial charge < -0.3 is 14.8 Å². The number of carbonyl (C=O) groups excluding carboxylic acids is 1. The summed E-state index contributed by atoms with van der Waals surface area (Å²) in [6, 6.07) is 6.32. The first-order valence-electron chi connectivity index (χ1n) is 9.99. The van der Waals surface area contributed by atoms with E-state index in [1.165, 1.54) is 38.5 Å². The van der Waals surface area contributed by atoms with Gasteiger partial charge in [-0.05, 0) is 44.4 Å². The minimum absolute atomic E-state index is 0.105. The van der Waals surface area contributed by atoms with Crippen molar-refractivity contribution in [2.75, 3.05) is 27.3 Å². The molecular formula is C21H32N2O3. The number of rotatable bonds is 5. The van der Waals surface area contributed by atoms with E-state index in [9.17, 15) is 4.79 Å². The van der Waals surface area contributed by atoms with Crippen molar-refractivity contribution in [2.45, 2.75) is 63.5 Å². The van der Waals surface area contributed by atoms with Crippen molar-refractivity contribution in [1.82, 2.24) is 10.2 Å². The maximum Gasteiger partial charge on any atom is 0.259 e. The second-order valence-corrected chi connectivity index (χ2v) is 7.49. The summed E-state index contributed by atoms with van der Waals surface area (Å²) in [5, 5.41) is 3.23. The summed E-state index contributed by atoms with van der Waals surface area (Å²) in [6.45, 7) is 2.11. The Morgan fingerprint density at radius 2 is 1.65 bits per heavy atom. The quantitative estimate of drug-likeness (QED) is 0.815. The van der Waals surface area contributed by atoms with Crippen molar-refractivity contribution in [3.63, 3.8) is 0 Å². The van der Waals surface area contributed by atoms with Crippen LogP contribution in [0, 0.1) is 0 Å². The molecule has 0 radical (unpaired) electrons. The van der Waals surface area contributed by atoms with Crippen molar-refractivity contribution in [3.8, 4) is 11.5 Å². The molecule has 1 atom stereocenters. The lowest BCUT2D eigenvalue weighted by Gasteiger charge is -2.38. The van der Waals surface area contributed by atoms with E-state index in [1.54, 1.807) is 26.4 Å². The zero-order valence-electron chi connectivity index (χ0n) is 16.1. The smallest absolute Gasteiger partial charge is 0.259 e. The van der Waals surface area contributed by atoms with Crippen LogP contribution in [-0.4, -0.2) is 50.2 Å². The molecule has 1 aliphatic carbocycles. The van der Waals surface area contributed by atoms with Crippen LogP contribution in [0.4, 0.5) is 0 Å². The molecule has 1 amide bonds. The van der Waals surface area contributed by atoms with Gasteiger partial charge in [-0.25, -0.2) is 0 Å². The highest BCUT2D eigenvalue weighted by molar-refractivity contribution is 5.99. The average Bonchev–Trinajstić information content (AvgIpc) is 2.97. The molecule has 1 aliphatic heterocycles. The van der Waals surface area contributed by atoms with Gasteiger partial charge in [0.2, 0.25) is 0 Å². The van der Waals surface area contributed by atoms with Gasteiger partial charge in [0.15, 0.2) is 0 Å². The fourth-order valence-electron chi connectivity index (χ4n) is 4.41. The Kier molecular flexibility index (Phi) is 6.78. The lowest BCUT2D eigenvalue weighted by atomic mass is 9.99. The first-order chi connectivity index (χ1) is 12.7. The number of benzene rings is 1. The molecule has 26 heavy (non-hydrogen) atoms. The summed E-state index contributed by atoms with van der Waals surface area (Å²) in [5.74, 6) is 1.00. The molecule has 1 aromatic carbocycles. The van der Waals surface area contributed by atoms with Crippen molar-refractivity contribution < 1.29 is 14.3 Å². The molecule has 5 heteroatoms. The van der Waals surface area contributed by atoms with Crippen LogP contribution in [-0.2, 0) is 0 Å². The molecule has 1 saturated carbocycles. The molecule has 0 unspecified atom stereocenters. The number of hydrogen-bond donors (Lipinski definition) is 1. The third kappa shape index (κ3) is 4.50. The molecule has 0 spiro atoms. The third-order valence-electron chi connectivity index (χ3n) is 5.78. The molecule has 0 bridgehead atoms. The molecule has 144 valence electrons. The molecule has 1 N–H and O–H groups in total. The predicted molar refractivity (Wildman–Crippen MR) is 103 cm³/mol. The maximum atomic E-state index is 12.9. The topological polar surface area (TPSA) is 50.8 Å². The van der Waals surface area contributed by atoms with Gasteiger partial charge >= 0.3 is 0 Å². The van der Waals surface area contributed by atoms with Crippen LogP contribution >= 0.6 is 0 Å². The Bertz CT molecular complexity index is 575. The van der Waals surface area contributed by atoms with Crippen LogP contribution in [0.15, 0.2) is 18.2 Å². The Hall–Kier alpha value is -1.75. The second kappa shape index (κ2) is 9.26. The molecule has 1 heterocycles. The highest BCUT2D eigenvalue weighted by Gasteiger charge is 2.28. The standard InChI is InChI=1S/C21H32N2O3/c1-25-18-12-7-13-19(26-2)20(18)21(24)22-16-9-8-14-23(15-16)17-10-5-3-4-6-11-17/h7,12-13,16-17H,3-6,8-11,14-15H2,1-2H3,(H,22,24)/t16-/m0/s1. The van der Waals surface area contributed by atoms with E-state index in [0.717, 1.165) is 25.9 Å². The Morgan fingerprint density at radius 3 is 2.27 bits per heavy atom. The lowest BCUT2D eigenvalue weighted by molar-refractivity contribution is 0.0855. The first-order valence-corrected chi connectivity index (χ1v) is 9.99. The fraction of sp³-hybridized carbons (Fsp3) is 0.667. The van der Waals surface area contributed by atoms with Gasteiger partial charge in [-0.2, -0.15) is 0 Å². The summed E-state index contributed by atoms with van der Waals surface area (Å²) in [4.78, 5) is 15.5. The highest BCUT2D eigenvalue weighted by atomic mass is 16.5. The monoisotopic (exact) mass is 360 g/mol. The number of likely N-dealkylation sites (tertiary alicyclic amines) is 1. The second-order valence-electron chi connectivity index (χ2n) is 7.49. The maximum absolute atomic E-state index is 12.9. The number of ether oxygens (including phenoxy) is 2. The Labute approximate surface area is 157 Å². The number of nitrogens with zero attached hydrogens (tertiary/aromatic N) is 1. The molecular weight excluding hydrogens is 328 g/mol. The minimum Gasteiger partial charge on any atom is -0.496 e. The lowest BCUT2D eigenvalue weighted by Crippen LogP contribution is -2.51. The van der Waals surface area contributed by atoms with E-state index in [4.69, 9.17) is 9.47 Å². The zero-order chi connectivity index (χ0) is 18.4. The van der Waals surface area contributed by atoms with Crippen molar-refractivity contribution >= 4 is 5.91 Å². The van der Waals surface area contributed by atoms with Gasteiger partial charge in [0, 0.05) is 18.6 Å². The molecule has 2 fully saturated rings. The number of hydrogen-bond acceptors (Lipinski definition) is 4. The highest BCUT2D eigenvalue weighted by Crippen LogP contribution is 2.29. The van der Waals surface area contributed by atoms with E-state index in [0.29, 0.717) is 23.1 Å². The largest absolute Gasteiger partial charge is 0.496 e. The number of nitrogens with one attached hydrogen (secondary N) is 1. The van der Waals surface area contributed by atoms with Crippen LogP contribution in [0.25, 0.3) is 0 Å². The number of amides is 1. The third-order valence-corrected chi connectivity index (χ3v) is 5.78. The van der Waals surface area contributed by atoms with Crippen molar-refractivity contribution in [1.29, 1.82) is 0 Å². The first kappa shape index (κ1) is 19.0. The molecule has 0 aromatic heterocycles. The molecule has 2 aliphatic rings. The summed E-state index contributed by atoms with van der Waals surface area (Å²) in [5.41, 5.74) is 0.490. The van der Waals surface area contributed by atoms with Crippen LogP contribution in [0.5, 0.6) is 11.5 Å². The number of piperidine rings is 1. The fourth-order valence-corrected chi connectivity index (χ4v) is 4.41. The van der Waals surface area contributed by atoms with E-state index in [1.807, 2.05) is 6.07 Å². The average molecular weight is 360 g/mol. The minimum atomic E-state index is -0.105. The normalized spacial score (nSPS) is 22.5. The van der Waals surface area contributed by atoms with Gasteiger partial charge in [0.05, 0.1) is 14.2 Å². The van der Waals surface area contributed by atoms with Crippen LogP contribution in [0.3, 0.4) is 0 Å². The van der Waals surface area contributed by atoms with E-state index >= 15 is 0 Å². The number of carbonyl (C=O) groups is 1. The number of methoxy groups -OCH3 is 2. The van der Waals surface area contributed by atoms with Crippen molar-refractivity contribution in [3.05, 3.63) is 23.8 Å². The van der Waals surface area contributed by atoms with E-state index in [-0.39, 0.29) is 11.9 Å². The van der Waals surface area contributed by atoms with Gasteiger partial charge in [0.1, 0.15) is 17.1 Å². The van der Waals surface area contributed by atoms with E-state index < -0.39 is 0 Å². The zero-order valence-corrected chi connectivity index (χ0v) is 16.1. The Morgan fingerprint density at radius 1 is 1.00 bits per heavy atom. The van der Waals surface area contributed by atoms with Crippen LogP contribution in [0.2, 0.25) is 0 Å². The van der Waals surface area contributed by atoms with Gasteiger partial charge in [-0.3, -0.25) is 9.69 Å². The Balaban J connectivity index is 1.66. The van der Waals surface area contributed by atoms with E-state index in [2.05, 4.69) is 10.2 Å². The molecule has 3 rings (SSSR count). The predicted octanol–water partition coefficient (Wildman–Crippen LogP) is 3.62. The summed E-state index contributed by atoms with van der Waals surface area (Å²) >= 11 is 0. The summed E-state index contributed by atoms with van der Waals surface area (Å²) in [6.07, 6.45) is 10.2. The summed E-state index contributed by atoms with van der Waals surface area (Å²) in [7, 11) is 3.17. The SMILES string of the molecule is COc1cccc(OC)c1C(=O)N[C@H]1CCCN(C2CCCCCC2)C1. The van der Waals surface area contributed by atoms with Gasteiger partial charge in [-0.15, -0.1) is 0 Å². The van der Waals surface area contributed by atoms with Crippen molar-refractivity contribution in [2.24, 2.45) is 0 Å². The van der Waals surface area contributed by atoms with Crippen LogP contribution in [0.1, 0.15) is 61.7 Å². The van der Waals surface area contributed by atoms with Gasteiger partial charge in [-0.1, -0.05) is 31.7 Å². The molecule has 5 nitrogen and oxygen atoms in total. The van der Waals surface area contributed by atoms with Crippen LogP contribution < -0.4 is 14.8 Å².